The zero-order valence-electron chi connectivity index (χ0n) is 6.02. The Morgan fingerprint density at radius 3 is 2.50 bits per heavy atom. The molecule has 1 aromatic heterocycles. The van der Waals surface area contributed by atoms with Crippen molar-refractivity contribution in [2.24, 2.45) is 5.73 Å². The Bertz CT molecular complexity index is 253. The molecule has 0 bridgehead atoms. The van der Waals surface area contributed by atoms with Crippen LogP contribution in [-0.4, -0.2) is 21.7 Å². The van der Waals surface area contributed by atoms with Gasteiger partial charge in [0, 0.05) is 6.42 Å². The predicted octanol–water partition coefficient (Wildman–Crippen LogP) is 1.13. The van der Waals surface area contributed by atoms with Crippen molar-refractivity contribution in [1.29, 1.82) is 0 Å². The molecule has 0 saturated heterocycles. The van der Waals surface area contributed by atoms with Gasteiger partial charge in [-0.1, -0.05) is 34.8 Å². The number of rotatable bonds is 2. The molecule has 12 heavy (non-hydrogen) atoms. The number of halogens is 3. The first-order valence-electron chi connectivity index (χ1n) is 3.22. The van der Waals surface area contributed by atoms with Gasteiger partial charge in [0.1, 0.15) is 5.82 Å². The van der Waals surface area contributed by atoms with E-state index in [0.29, 0.717) is 18.8 Å². The Kier molecular flexibility index (Phi) is 3.17. The summed E-state index contributed by atoms with van der Waals surface area (Å²) in [4.78, 5) is 3.93. The molecule has 0 spiro atoms. The molecule has 1 aromatic rings. The van der Waals surface area contributed by atoms with Crippen molar-refractivity contribution in [3.8, 4) is 0 Å². The summed E-state index contributed by atoms with van der Waals surface area (Å²) in [5, 5.41) is 6.34. The van der Waals surface area contributed by atoms with E-state index in [1.807, 2.05) is 0 Å². The average Bonchev–Trinajstić information content (AvgIpc) is 2.35. The summed E-state index contributed by atoms with van der Waals surface area (Å²) in [6, 6.07) is 0. The van der Waals surface area contributed by atoms with Crippen LogP contribution >= 0.6 is 34.8 Å². The van der Waals surface area contributed by atoms with Gasteiger partial charge in [-0.2, -0.15) is 5.10 Å². The molecule has 0 fully saturated rings. The van der Waals surface area contributed by atoms with E-state index in [0.717, 1.165) is 0 Å². The topological polar surface area (TPSA) is 67.6 Å². The summed E-state index contributed by atoms with van der Waals surface area (Å²) in [6.45, 7) is 0.481. The van der Waals surface area contributed by atoms with Crippen molar-refractivity contribution in [3.63, 3.8) is 0 Å². The van der Waals surface area contributed by atoms with Gasteiger partial charge in [0.2, 0.25) is 5.82 Å². The standard InChI is InChI=1S/C5H7Cl3N4/c6-5(7,8)4-10-3(1-2-9)11-12-4/h1-2,9H2,(H,10,11,12). The highest BCUT2D eigenvalue weighted by Gasteiger charge is 2.27. The Balaban J connectivity index is 2.77. The third-order valence-electron chi connectivity index (χ3n) is 1.17. The minimum Gasteiger partial charge on any atom is -0.330 e. The third kappa shape index (κ3) is 2.48. The van der Waals surface area contributed by atoms with Gasteiger partial charge in [0.25, 0.3) is 3.79 Å². The molecule has 0 aromatic carbocycles. The fourth-order valence-corrected chi connectivity index (χ4v) is 0.924. The first kappa shape index (κ1) is 10.1. The highest BCUT2D eigenvalue weighted by molar-refractivity contribution is 6.66. The van der Waals surface area contributed by atoms with Crippen molar-refractivity contribution in [2.45, 2.75) is 10.2 Å². The molecule has 0 atom stereocenters. The lowest BCUT2D eigenvalue weighted by atomic mass is 10.4. The molecule has 4 nitrogen and oxygen atoms in total. The van der Waals surface area contributed by atoms with E-state index in [1.54, 1.807) is 0 Å². The van der Waals surface area contributed by atoms with E-state index in [4.69, 9.17) is 40.5 Å². The second kappa shape index (κ2) is 3.79. The van der Waals surface area contributed by atoms with E-state index < -0.39 is 3.79 Å². The number of alkyl halides is 3. The summed E-state index contributed by atoms with van der Waals surface area (Å²) in [5.41, 5.74) is 5.29. The molecule has 0 aliphatic rings. The molecular weight excluding hydrogens is 222 g/mol. The number of aromatic amines is 1. The average molecular weight is 229 g/mol. The maximum Gasteiger partial charge on any atom is 0.251 e. The van der Waals surface area contributed by atoms with Crippen LogP contribution in [0.5, 0.6) is 0 Å². The van der Waals surface area contributed by atoms with Gasteiger partial charge in [-0.3, -0.25) is 5.10 Å². The number of hydrogen-bond acceptors (Lipinski definition) is 3. The number of H-pyrrole nitrogens is 1. The third-order valence-corrected chi connectivity index (χ3v) is 1.67. The van der Waals surface area contributed by atoms with Crippen LogP contribution in [0.25, 0.3) is 0 Å². The van der Waals surface area contributed by atoms with E-state index in [2.05, 4.69) is 15.2 Å². The number of aromatic nitrogens is 3. The van der Waals surface area contributed by atoms with Crippen molar-refractivity contribution in [3.05, 3.63) is 11.6 Å². The van der Waals surface area contributed by atoms with Gasteiger partial charge in [-0.15, -0.1) is 0 Å². The van der Waals surface area contributed by atoms with E-state index in [9.17, 15) is 0 Å². The quantitative estimate of drug-likeness (QED) is 0.747. The summed E-state index contributed by atoms with van der Waals surface area (Å²) in [6.07, 6.45) is 0.591. The highest BCUT2D eigenvalue weighted by Crippen LogP contribution is 2.35. The monoisotopic (exact) mass is 228 g/mol. The van der Waals surface area contributed by atoms with Gasteiger partial charge in [-0.05, 0) is 6.54 Å². The molecule has 0 unspecified atom stereocenters. The zero-order chi connectivity index (χ0) is 9.19. The summed E-state index contributed by atoms with van der Waals surface area (Å²) < 4.78 is -1.57. The van der Waals surface area contributed by atoms with E-state index in [-0.39, 0.29) is 5.82 Å². The van der Waals surface area contributed by atoms with Crippen molar-refractivity contribution < 1.29 is 0 Å². The lowest BCUT2D eigenvalue weighted by Crippen LogP contribution is -2.05. The number of hydrogen-bond donors (Lipinski definition) is 2. The van der Waals surface area contributed by atoms with Crippen LogP contribution in [0, 0.1) is 0 Å². The normalized spacial score (nSPS) is 12.0. The molecule has 1 heterocycles. The van der Waals surface area contributed by atoms with E-state index in [1.165, 1.54) is 0 Å². The molecule has 0 aliphatic heterocycles. The van der Waals surface area contributed by atoms with Crippen LogP contribution in [0.3, 0.4) is 0 Å². The SMILES string of the molecule is NCCc1nc(C(Cl)(Cl)Cl)n[nH]1. The van der Waals surface area contributed by atoms with Gasteiger partial charge in [-0.25, -0.2) is 4.98 Å². The van der Waals surface area contributed by atoms with Crippen LogP contribution in [0.15, 0.2) is 0 Å². The number of nitrogens with zero attached hydrogens (tertiary/aromatic N) is 2. The maximum atomic E-state index is 5.53. The Morgan fingerprint density at radius 2 is 2.08 bits per heavy atom. The van der Waals surface area contributed by atoms with Gasteiger partial charge < -0.3 is 5.73 Å². The number of nitrogens with two attached hydrogens (primary N) is 1. The van der Waals surface area contributed by atoms with Crippen LogP contribution in [-0.2, 0) is 10.2 Å². The molecular formula is C5H7Cl3N4. The molecule has 0 aliphatic carbocycles. The second-order valence-electron chi connectivity index (χ2n) is 2.14. The zero-order valence-corrected chi connectivity index (χ0v) is 8.29. The van der Waals surface area contributed by atoms with Gasteiger partial charge in [0.05, 0.1) is 0 Å². The van der Waals surface area contributed by atoms with Crippen molar-refractivity contribution in [2.75, 3.05) is 6.54 Å². The van der Waals surface area contributed by atoms with Crippen LogP contribution in [0.2, 0.25) is 0 Å². The summed E-state index contributed by atoms with van der Waals surface area (Å²) in [5.74, 6) is 0.773. The number of nitrogens with one attached hydrogen (secondary N) is 1. The van der Waals surface area contributed by atoms with Crippen LogP contribution in [0.4, 0.5) is 0 Å². The lowest BCUT2D eigenvalue weighted by molar-refractivity contribution is 0.874. The molecule has 7 heteroatoms. The molecule has 0 radical (unpaired) electrons. The fourth-order valence-electron chi connectivity index (χ4n) is 0.671. The van der Waals surface area contributed by atoms with Crippen molar-refractivity contribution >= 4 is 34.8 Å². The van der Waals surface area contributed by atoms with Crippen molar-refractivity contribution in [1.82, 2.24) is 15.2 Å². The predicted molar refractivity (Wildman–Crippen MR) is 48.4 cm³/mol. The second-order valence-corrected chi connectivity index (χ2v) is 4.42. The smallest absolute Gasteiger partial charge is 0.251 e. The van der Waals surface area contributed by atoms with Gasteiger partial charge in [0.15, 0.2) is 0 Å². The first-order chi connectivity index (χ1) is 5.54. The minimum absolute atomic E-state index is 0.149. The van der Waals surface area contributed by atoms with Crippen LogP contribution in [0.1, 0.15) is 11.6 Å². The summed E-state index contributed by atoms with van der Waals surface area (Å²) in [7, 11) is 0. The minimum atomic E-state index is -1.57. The Hall–Kier alpha value is -0.0300. The maximum absolute atomic E-state index is 5.53. The lowest BCUT2D eigenvalue weighted by Gasteiger charge is -2.02. The molecule has 68 valence electrons. The molecule has 0 amide bonds. The molecule has 3 N–H and O–H groups in total. The first-order valence-corrected chi connectivity index (χ1v) is 4.36. The highest BCUT2D eigenvalue weighted by atomic mass is 35.6. The van der Waals surface area contributed by atoms with Gasteiger partial charge >= 0.3 is 0 Å². The van der Waals surface area contributed by atoms with Crippen LogP contribution < -0.4 is 5.73 Å². The largest absolute Gasteiger partial charge is 0.330 e. The Morgan fingerprint density at radius 1 is 1.42 bits per heavy atom. The van der Waals surface area contributed by atoms with E-state index >= 15 is 0 Å². The summed E-state index contributed by atoms with van der Waals surface area (Å²) >= 11 is 16.6. The Labute approximate surface area is 84.4 Å². The fraction of sp³-hybridized carbons (Fsp3) is 0.600. The molecule has 1 rings (SSSR count). The molecule has 0 saturated carbocycles.